The van der Waals surface area contributed by atoms with E-state index in [1.54, 1.807) is 0 Å². The Hall–Kier alpha value is -2.56. The molecule has 0 heterocycles. The first-order valence-electron chi connectivity index (χ1n) is 7.07. The SMILES string of the molecule is CN(CC(=O)Nc1ccc(F)c(Cl)c1)S(=O)(=O)c1cccc([N+](=O)[O-])c1. The second-order valence-electron chi connectivity index (χ2n) is 5.19. The van der Waals surface area contributed by atoms with Crippen molar-refractivity contribution in [3.05, 3.63) is 63.4 Å². The van der Waals surface area contributed by atoms with Gasteiger partial charge in [-0.25, -0.2) is 12.8 Å². The van der Waals surface area contributed by atoms with Crippen LogP contribution in [0.3, 0.4) is 0 Å². The van der Waals surface area contributed by atoms with Crippen LogP contribution in [-0.2, 0) is 14.8 Å². The van der Waals surface area contributed by atoms with Gasteiger partial charge in [0.25, 0.3) is 5.69 Å². The molecule has 0 bridgehead atoms. The summed E-state index contributed by atoms with van der Waals surface area (Å²) < 4.78 is 38.7. The zero-order valence-corrected chi connectivity index (χ0v) is 14.9. The standard InChI is InChI=1S/C15H13ClFN3O5S/c1-19(9-15(21)18-10-5-6-14(17)13(16)7-10)26(24,25)12-4-2-3-11(8-12)20(22)23/h2-8H,9H2,1H3,(H,18,21). The number of likely N-dealkylation sites (N-methyl/N-ethyl adjacent to an activating group) is 1. The molecule has 1 amide bonds. The minimum Gasteiger partial charge on any atom is -0.325 e. The van der Waals surface area contributed by atoms with Crippen molar-refractivity contribution in [2.45, 2.75) is 4.90 Å². The number of nitrogens with one attached hydrogen (secondary N) is 1. The number of halogens is 2. The lowest BCUT2D eigenvalue weighted by Gasteiger charge is -2.17. The Bertz CT molecular complexity index is 968. The summed E-state index contributed by atoms with van der Waals surface area (Å²) >= 11 is 5.61. The highest BCUT2D eigenvalue weighted by Crippen LogP contribution is 2.21. The molecule has 0 saturated heterocycles. The van der Waals surface area contributed by atoms with Crippen molar-refractivity contribution in [2.24, 2.45) is 0 Å². The van der Waals surface area contributed by atoms with Gasteiger partial charge in [-0.05, 0) is 24.3 Å². The van der Waals surface area contributed by atoms with E-state index in [0.29, 0.717) is 0 Å². The van der Waals surface area contributed by atoms with Crippen LogP contribution in [0.4, 0.5) is 15.8 Å². The van der Waals surface area contributed by atoms with Crippen LogP contribution in [0.15, 0.2) is 47.4 Å². The molecule has 0 fully saturated rings. The molecule has 0 unspecified atom stereocenters. The lowest BCUT2D eigenvalue weighted by molar-refractivity contribution is -0.385. The van der Waals surface area contributed by atoms with Crippen LogP contribution >= 0.6 is 11.6 Å². The van der Waals surface area contributed by atoms with Crippen LogP contribution in [-0.4, -0.2) is 37.1 Å². The number of non-ortho nitro benzene ring substituents is 1. The second-order valence-corrected chi connectivity index (χ2v) is 7.64. The van der Waals surface area contributed by atoms with Crippen molar-refractivity contribution in [2.75, 3.05) is 18.9 Å². The zero-order chi connectivity index (χ0) is 19.5. The Morgan fingerprint density at radius 3 is 2.62 bits per heavy atom. The Balaban J connectivity index is 2.13. The van der Waals surface area contributed by atoms with Gasteiger partial charge in [-0.1, -0.05) is 17.7 Å². The number of sulfonamides is 1. The zero-order valence-electron chi connectivity index (χ0n) is 13.3. The number of carbonyl (C=O) groups is 1. The Morgan fingerprint density at radius 1 is 1.31 bits per heavy atom. The van der Waals surface area contributed by atoms with Crippen molar-refractivity contribution in [3.63, 3.8) is 0 Å². The number of carbonyl (C=O) groups excluding carboxylic acids is 1. The average Bonchev–Trinajstić information content (AvgIpc) is 2.58. The molecule has 0 radical (unpaired) electrons. The Kier molecular flexibility index (Phi) is 5.90. The first-order valence-corrected chi connectivity index (χ1v) is 8.89. The van der Waals surface area contributed by atoms with Crippen molar-refractivity contribution in [3.8, 4) is 0 Å². The van der Waals surface area contributed by atoms with Gasteiger partial charge < -0.3 is 5.32 Å². The van der Waals surface area contributed by atoms with Crippen molar-refractivity contribution in [1.29, 1.82) is 0 Å². The molecule has 2 aromatic rings. The first-order chi connectivity index (χ1) is 12.1. The van der Waals surface area contributed by atoms with E-state index >= 15 is 0 Å². The van der Waals surface area contributed by atoms with Gasteiger partial charge in [0.15, 0.2) is 0 Å². The molecule has 11 heteroatoms. The second kappa shape index (κ2) is 7.77. The number of nitro groups is 1. The van der Waals surface area contributed by atoms with Gasteiger partial charge in [0.1, 0.15) is 5.82 Å². The van der Waals surface area contributed by atoms with E-state index in [9.17, 15) is 27.7 Å². The van der Waals surface area contributed by atoms with E-state index in [2.05, 4.69) is 5.32 Å². The minimum absolute atomic E-state index is 0.194. The van der Waals surface area contributed by atoms with Crippen LogP contribution in [0.2, 0.25) is 5.02 Å². The summed E-state index contributed by atoms with van der Waals surface area (Å²) in [7, 11) is -2.96. The number of rotatable bonds is 6. The number of benzene rings is 2. The monoisotopic (exact) mass is 401 g/mol. The third-order valence-electron chi connectivity index (χ3n) is 3.31. The van der Waals surface area contributed by atoms with Gasteiger partial charge in [0.05, 0.1) is 21.4 Å². The highest BCUT2D eigenvalue weighted by molar-refractivity contribution is 7.89. The minimum atomic E-state index is -4.12. The van der Waals surface area contributed by atoms with E-state index in [4.69, 9.17) is 11.6 Å². The molecule has 26 heavy (non-hydrogen) atoms. The maximum Gasteiger partial charge on any atom is 0.270 e. The van der Waals surface area contributed by atoms with Gasteiger partial charge in [0.2, 0.25) is 15.9 Å². The molecular formula is C15H13ClFN3O5S. The summed E-state index contributed by atoms with van der Waals surface area (Å²) in [6.07, 6.45) is 0. The fourth-order valence-electron chi connectivity index (χ4n) is 2.00. The number of hydrogen-bond acceptors (Lipinski definition) is 5. The van der Waals surface area contributed by atoms with E-state index in [1.165, 1.54) is 24.3 Å². The lowest BCUT2D eigenvalue weighted by atomic mass is 10.3. The van der Waals surface area contributed by atoms with E-state index in [1.807, 2.05) is 0 Å². The molecule has 0 aliphatic rings. The van der Waals surface area contributed by atoms with E-state index in [-0.39, 0.29) is 21.3 Å². The molecule has 1 N–H and O–H groups in total. The third-order valence-corrected chi connectivity index (χ3v) is 5.40. The number of anilines is 1. The van der Waals surface area contributed by atoms with Crippen molar-refractivity contribution >= 4 is 38.9 Å². The lowest BCUT2D eigenvalue weighted by Crippen LogP contribution is -2.35. The molecule has 2 aromatic carbocycles. The van der Waals surface area contributed by atoms with Crippen LogP contribution in [0.5, 0.6) is 0 Å². The summed E-state index contributed by atoms with van der Waals surface area (Å²) in [6, 6.07) is 8.00. The Labute approximate surface area is 153 Å². The number of nitro benzene ring substituents is 1. The van der Waals surface area contributed by atoms with Crippen LogP contribution in [0.1, 0.15) is 0 Å². The molecule has 0 saturated carbocycles. The first kappa shape index (κ1) is 19.8. The van der Waals surface area contributed by atoms with Gasteiger partial charge in [0, 0.05) is 24.9 Å². The van der Waals surface area contributed by atoms with Gasteiger partial charge in [-0.15, -0.1) is 0 Å². The summed E-state index contributed by atoms with van der Waals surface area (Å²) in [5.74, 6) is -1.35. The third kappa shape index (κ3) is 4.54. The number of amides is 1. The average molecular weight is 402 g/mol. The molecule has 138 valence electrons. The molecule has 0 spiro atoms. The summed E-state index contributed by atoms with van der Waals surface area (Å²) in [5, 5.41) is 13.0. The van der Waals surface area contributed by atoms with Gasteiger partial charge in [-0.2, -0.15) is 4.31 Å². The number of hydrogen-bond donors (Lipinski definition) is 1. The topological polar surface area (TPSA) is 110 Å². The molecule has 0 aliphatic carbocycles. The molecule has 0 aromatic heterocycles. The highest BCUT2D eigenvalue weighted by Gasteiger charge is 2.24. The van der Waals surface area contributed by atoms with Crippen LogP contribution in [0.25, 0.3) is 0 Å². The smallest absolute Gasteiger partial charge is 0.270 e. The number of nitrogens with zero attached hydrogens (tertiary/aromatic N) is 2. The van der Waals surface area contributed by atoms with Crippen LogP contribution in [0, 0.1) is 15.9 Å². The van der Waals surface area contributed by atoms with Crippen LogP contribution < -0.4 is 5.32 Å². The van der Waals surface area contributed by atoms with Crippen molar-refractivity contribution < 1.29 is 22.5 Å². The Morgan fingerprint density at radius 2 is 2.00 bits per heavy atom. The molecule has 0 aliphatic heterocycles. The fraction of sp³-hybridized carbons (Fsp3) is 0.133. The predicted octanol–water partition coefficient (Wildman–Crippen LogP) is 2.65. The molecule has 0 atom stereocenters. The maximum atomic E-state index is 13.1. The fourth-order valence-corrected chi connectivity index (χ4v) is 3.35. The summed E-state index contributed by atoms with van der Waals surface area (Å²) in [5.41, 5.74) is -0.188. The van der Waals surface area contributed by atoms with E-state index in [0.717, 1.165) is 29.6 Å². The maximum absolute atomic E-state index is 13.1. The highest BCUT2D eigenvalue weighted by atomic mass is 35.5. The summed E-state index contributed by atoms with van der Waals surface area (Å²) in [4.78, 5) is 21.8. The molecule has 2 rings (SSSR count). The normalized spacial score (nSPS) is 11.4. The largest absolute Gasteiger partial charge is 0.325 e. The predicted molar refractivity (Wildman–Crippen MR) is 93.0 cm³/mol. The molecular weight excluding hydrogens is 389 g/mol. The van der Waals surface area contributed by atoms with Gasteiger partial charge in [-0.3, -0.25) is 14.9 Å². The van der Waals surface area contributed by atoms with Crippen molar-refractivity contribution in [1.82, 2.24) is 4.31 Å². The van der Waals surface area contributed by atoms with E-state index < -0.39 is 33.2 Å². The quantitative estimate of drug-likeness (QED) is 0.591. The summed E-state index contributed by atoms with van der Waals surface area (Å²) in [6.45, 7) is -0.556. The van der Waals surface area contributed by atoms with Gasteiger partial charge >= 0.3 is 0 Å². The molecule has 8 nitrogen and oxygen atoms in total.